The second kappa shape index (κ2) is 10.6. The van der Waals surface area contributed by atoms with Crippen LogP contribution in [0.5, 0.6) is 11.5 Å². The van der Waals surface area contributed by atoms with Crippen molar-refractivity contribution >= 4 is 17.5 Å². The third-order valence-electron chi connectivity index (χ3n) is 6.58. The molecule has 176 valence electrons. The first kappa shape index (κ1) is 23.0. The van der Waals surface area contributed by atoms with Gasteiger partial charge in [-0.25, -0.2) is 0 Å². The number of rotatable bonds is 9. The summed E-state index contributed by atoms with van der Waals surface area (Å²) in [5, 5.41) is 3.01. The molecular formula is C26H33N3O4. The number of amides is 2. The van der Waals surface area contributed by atoms with Crippen LogP contribution in [0.2, 0.25) is 0 Å². The first-order valence-electron chi connectivity index (χ1n) is 11.7. The monoisotopic (exact) mass is 451 g/mol. The first-order chi connectivity index (χ1) is 16.1. The SMILES string of the molecule is COc1ccc(CCN2CC(C(=O)NCc3ccc(N4CCCC4)cc3)CC2=O)cc1OC. The minimum atomic E-state index is -0.299. The van der Waals surface area contributed by atoms with E-state index in [-0.39, 0.29) is 24.2 Å². The Labute approximate surface area is 195 Å². The molecule has 2 heterocycles. The van der Waals surface area contributed by atoms with E-state index in [1.807, 2.05) is 18.2 Å². The van der Waals surface area contributed by atoms with E-state index < -0.39 is 0 Å². The summed E-state index contributed by atoms with van der Waals surface area (Å²) >= 11 is 0. The van der Waals surface area contributed by atoms with E-state index >= 15 is 0 Å². The molecule has 0 radical (unpaired) electrons. The fraction of sp³-hybridized carbons (Fsp3) is 0.462. The zero-order valence-corrected chi connectivity index (χ0v) is 19.5. The molecule has 2 fully saturated rings. The molecule has 2 aliphatic rings. The Morgan fingerprint density at radius 1 is 1.00 bits per heavy atom. The van der Waals surface area contributed by atoms with Crippen LogP contribution >= 0.6 is 0 Å². The molecule has 0 aliphatic carbocycles. The lowest BCUT2D eigenvalue weighted by molar-refractivity contribution is -0.129. The minimum absolute atomic E-state index is 0.0330. The van der Waals surface area contributed by atoms with Gasteiger partial charge in [0.25, 0.3) is 0 Å². The quantitative estimate of drug-likeness (QED) is 0.635. The topological polar surface area (TPSA) is 71.1 Å². The number of hydrogen-bond acceptors (Lipinski definition) is 5. The predicted molar refractivity (Wildman–Crippen MR) is 128 cm³/mol. The molecule has 2 aromatic carbocycles. The number of hydrogen-bond donors (Lipinski definition) is 1. The summed E-state index contributed by atoms with van der Waals surface area (Å²) in [6.07, 6.45) is 3.47. The lowest BCUT2D eigenvalue weighted by atomic mass is 10.1. The Hall–Kier alpha value is -3.22. The second-order valence-corrected chi connectivity index (χ2v) is 8.76. The van der Waals surface area contributed by atoms with Gasteiger partial charge in [-0.05, 0) is 54.7 Å². The highest BCUT2D eigenvalue weighted by Gasteiger charge is 2.33. The summed E-state index contributed by atoms with van der Waals surface area (Å²) in [6, 6.07) is 14.2. The van der Waals surface area contributed by atoms with Gasteiger partial charge >= 0.3 is 0 Å². The maximum Gasteiger partial charge on any atom is 0.225 e. The Morgan fingerprint density at radius 2 is 1.70 bits per heavy atom. The normalized spacial score (nSPS) is 18.0. The summed E-state index contributed by atoms with van der Waals surface area (Å²) < 4.78 is 10.6. The zero-order chi connectivity index (χ0) is 23.2. The van der Waals surface area contributed by atoms with Crippen molar-refractivity contribution in [1.29, 1.82) is 0 Å². The molecule has 1 atom stereocenters. The van der Waals surface area contributed by atoms with Crippen molar-refractivity contribution in [3.05, 3.63) is 53.6 Å². The number of nitrogens with one attached hydrogen (secondary N) is 1. The van der Waals surface area contributed by atoms with Gasteiger partial charge in [-0.2, -0.15) is 0 Å². The van der Waals surface area contributed by atoms with Crippen LogP contribution in [-0.4, -0.2) is 57.1 Å². The van der Waals surface area contributed by atoms with E-state index in [9.17, 15) is 9.59 Å². The average Bonchev–Trinajstić information content (AvgIpc) is 3.51. The van der Waals surface area contributed by atoms with Gasteiger partial charge in [-0.1, -0.05) is 18.2 Å². The average molecular weight is 452 g/mol. The van der Waals surface area contributed by atoms with Gasteiger partial charge in [0.2, 0.25) is 11.8 Å². The summed E-state index contributed by atoms with van der Waals surface area (Å²) in [5.41, 5.74) is 3.38. The molecule has 0 saturated carbocycles. The van der Waals surface area contributed by atoms with Gasteiger partial charge in [0, 0.05) is 44.8 Å². The Balaban J connectivity index is 1.25. The third-order valence-corrected chi connectivity index (χ3v) is 6.58. The highest BCUT2D eigenvalue weighted by atomic mass is 16.5. The molecule has 2 aliphatic heterocycles. The third kappa shape index (κ3) is 5.59. The van der Waals surface area contributed by atoms with Crippen molar-refractivity contribution < 1.29 is 19.1 Å². The summed E-state index contributed by atoms with van der Waals surface area (Å²) in [6.45, 7) is 3.76. The van der Waals surface area contributed by atoms with E-state index in [1.54, 1.807) is 19.1 Å². The Morgan fingerprint density at radius 3 is 2.39 bits per heavy atom. The number of benzene rings is 2. The highest BCUT2D eigenvalue weighted by Crippen LogP contribution is 2.28. The summed E-state index contributed by atoms with van der Waals surface area (Å²) in [5.74, 6) is 1.03. The van der Waals surface area contributed by atoms with Crippen LogP contribution < -0.4 is 19.7 Å². The first-order valence-corrected chi connectivity index (χ1v) is 11.7. The molecular weight excluding hydrogens is 418 g/mol. The molecule has 0 aromatic heterocycles. The van der Waals surface area contributed by atoms with Crippen molar-refractivity contribution in [2.45, 2.75) is 32.2 Å². The highest BCUT2D eigenvalue weighted by molar-refractivity contribution is 5.89. The molecule has 1 unspecified atom stereocenters. The standard InChI is InChI=1S/C26H33N3O4/c1-32-23-10-7-19(15-24(23)33-2)11-14-29-18-21(16-25(29)30)26(31)27-17-20-5-8-22(9-6-20)28-12-3-4-13-28/h5-10,15,21H,3-4,11-14,16-18H2,1-2H3,(H,27,31). The van der Waals surface area contributed by atoms with Crippen LogP contribution in [0, 0.1) is 5.92 Å². The fourth-order valence-electron chi connectivity index (χ4n) is 4.60. The van der Waals surface area contributed by atoms with Crippen LogP contribution in [0.4, 0.5) is 5.69 Å². The van der Waals surface area contributed by atoms with Gasteiger partial charge in [0.05, 0.1) is 20.1 Å². The maximum absolute atomic E-state index is 12.7. The number of ether oxygens (including phenoxy) is 2. The molecule has 7 heteroatoms. The second-order valence-electron chi connectivity index (χ2n) is 8.76. The van der Waals surface area contributed by atoms with Gasteiger partial charge in [0.1, 0.15) is 0 Å². The maximum atomic E-state index is 12.7. The number of anilines is 1. The van der Waals surface area contributed by atoms with E-state index in [1.165, 1.54) is 18.5 Å². The van der Waals surface area contributed by atoms with Gasteiger partial charge in [-0.3, -0.25) is 9.59 Å². The summed E-state index contributed by atoms with van der Waals surface area (Å²) in [7, 11) is 3.21. The number of methoxy groups -OCH3 is 2. The Bertz CT molecular complexity index is 970. The Kier molecular flexibility index (Phi) is 7.37. The molecule has 33 heavy (non-hydrogen) atoms. The largest absolute Gasteiger partial charge is 0.493 e. The van der Waals surface area contributed by atoms with E-state index in [0.717, 1.165) is 24.2 Å². The molecule has 2 saturated heterocycles. The molecule has 7 nitrogen and oxygen atoms in total. The lowest BCUT2D eigenvalue weighted by Gasteiger charge is -2.18. The summed E-state index contributed by atoms with van der Waals surface area (Å²) in [4.78, 5) is 29.3. The number of carbonyl (C=O) groups is 2. The molecule has 4 rings (SSSR count). The van der Waals surface area contributed by atoms with Crippen molar-refractivity contribution in [3.63, 3.8) is 0 Å². The minimum Gasteiger partial charge on any atom is -0.493 e. The zero-order valence-electron chi connectivity index (χ0n) is 19.5. The van der Waals surface area contributed by atoms with Crippen LogP contribution in [0.1, 0.15) is 30.4 Å². The van der Waals surface area contributed by atoms with Crippen molar-refractivity contribution in [3.8, 4) is 11.5 Å². The van der Waals surface area contributed by atoms with E-state index in [0.29, 0.717) is 37.6 Å². The van der Waals surface area contributed by atoms with Crippen molar-refractivity contribution in [2.75, 3.05) is 45.3 Å². The van der Waals surface area contributed by atoms with Crippen molar-refractivity contribution in [1.82, 2.24) is 10.2 Å². The molecule has 2 amide bonds. The van der Waals surface area contributed by atoms with Crippen LogP contribution in [0.25, 0.3) is 0 Å². The smallest absolute Gasteiger partial charge is 0.225 e. The lowest BCUT2D eigenvalue weighted by Crippen LogP contribution is -2.33. The molecule has 1 N–H and O–H groups in total. The van der Waals surface area contributed by atoms with Gasteiger partial charge < -0.3 is 24.6 Å². The number of nitrogens with zero attached hydrogens (tertiary/aromatic N) is 2. The molecule has 0 bridgehead atoms. The fourth-order valence-corrected chi connectivity index (χ4v) is 4.60. The van der Waals surface area contributed by atoms with Crippen molar-refractivity contribution in [2.24, 2.45) is 5.92 Å². The van der Waals surface area contributed by atoms with Crippen LogP contribution in [-0.2, 0) is 22.6 Å². The van der Waals surface area contributed by atoms with E-state index in [4.69, 9.17) is 9.47 Å². The number of carbonyl (C=O) groups excluding carboxylic acids is 2. The van der Waals surface area contributed by atoms with E-state index in [2.05, 4.69) is 34.5 Å². The predicted octanol–water partition coefficient (Wildman–Crippen LogP) is 3.01. The van der Waals surface area contributed by atoms with Gasteiger partial charge in [0.15, 0.2) is 11.5 Å². The van der Waals surface area contributed by atoms with Crippen LogP contribution in [0.15, 0.2) is 42.5 Å². The van der Waals surface area contributed by atoms with Gasteiger partial charge in [-0.15, -0.1) is 0 Å². The number of likely N-dealkylation sites (tertiary alicyclic amines) is 1. The van der Waals surface area contributed by atoms with Crippen LogP contribution in [0.3, 0.4) is 0 Å². The molecule has 0 spiro atoms. The molecule has 2 aromatic rings.